The number of aromatic nitrogens is 1. The number of rotatable bonds is 6. The summed E-state index contributed by atoms with van der Waals surface area (Å²) in [6, 6.07) is 63.2. The second kappa shape index (κ2) is 11.9. The lowest BCUT2D eigenvalue weighted by Crippen LogP contribution is -2.12. The summed E-state index contributed by atoms with van der Waals surface area (Å²) in [5, 5.41) is 4.36. The standard InChI is InChI=1S/C47H30N2O2/c1-3-14-32(15-4-1)38-21-9-11-24-40(38)49(35-28-26-33(27-29-35)37-23-13-19-31-16-7-8-20-36(31)37)41-30-43-44(39-22-10-12-25-42(39)50-43)46-45(41)48-47(51-46)34-17-5-2-6-18-34/h1-30H. The van der Waals surface area contributed by atoms with E-state index in [9.17, 15) is 0 Å². The van der Waals surface area contributed by atoms with Crippen LogP contribution in [0.1, 0.15) is 0 Å². The summed E-state index contributed by atoms with van der Waals surface area (Å²) in [6.45, 7) is 0. The van der Waals surface area contributed by atoms with Crippen LogP contribution in [0.5, 0.6) is 0 Å². The van der Waals surface area contributed by atoms with Gasteiger partial charge in [0, 0.05) is 28.3 Å². The molecule has 0 radical (unpaired) electrons. The Hall–Kier alpha value is -6.91. The normalized spacial score (nSPS) is 11.5. The molecule has 10 rings (SSSR count). The third kappa shape index (κ3) is 4.88. The summed E-state index contributed by atoms with van der Waals surface area (Å²) in [4.78, 5) is 7.54. The van der Waals surface area contributed by atoms with Crippen molar-refractivity contribution in [3.8, 4) is 33.7 Å². The number of nitrogens with zero attached hydrogens (tertiary/aromatic N) is 2. The van der Waals surface area contributed by atoms with Crippen LogP contribution in [0.3, 0.4) is 0 Å². The molecule has 0 aliphatic heterocycles. The van der Waals surface area contributed by atoms with Gasteiger partial charge in [0.1, 0.15) is 16.7 Å². The SMILES string of the molecule is c1ccc(-c2nc3c(N(c4ccc(-c5cccc6ccccc56)cc4)c4ccccc4-c4ccccc4)cc4oc5ccccc5c4c3o2)cc1. The van der Waals surface area contributed by atoms with E-state index in [1.807, 2.05) is 48.5 Å². The summed E-state index contributed by atoms with van der Waals surface area (Å²) in [5.74, 6) is 0.562. The molecule has 0 saturated carbocycles. The largest absolute Gasteiger partial charge is 0.456 e. The molecule has 0 bridgehead atoms. The fourth-order valence-corrected chi connectivity index (χ4v) is 7.34. The van der Waals surface area contributed by atoms with E-state index in [2.05, 4.69) is 138 Å². The summed E-state index contributed by atoms with van der Waals surface area (Å²) >= 11 is 0. The number of benzene rings is 8. The van der Waals surface area contributed by atoms with E-state index in [4.69, 9.17) is 13.8 Å². The predicted molar refractivity (Wildman–Crippen MR) is 210 cm³/mol. The van der Waals surface area contributed by atoms with E-state index in [0.29, 0.717) is 11.5 Å². The maximum absolute atomic E-state index is 6.73. The average Bonchev–Trinajstić information content (AvgIpc) is 3.81. The fraction of sp³-hybridized carbons (Fsp3) is 0. The van der Waals surface area contributed by atoms with Gasteiger partial charge >= 0.3 is 0 Å². The highest BCUT2D eigenvalue weighted by atomic mass is 16.4. The van der Waals surface area contributed by atoms with Crippen LogP contribution in [0.4, 0.5) is 17.1 Å². The molecule has 51 heavy (non-hydrogen) atoms. The molecule has 0 aliphatic carbocycles. The first-order chi connectivity index (χ1) is 25.3. The molecular weight excluding hydrogens is 625 g/mol. The van der Waals surface area contributed by atoms with Crippen molar-refractivity contribution in [3.63, 3.8) is 0 Å². The molecule has 0 aliphatic rings. The third-order valence-electron chi connectivity index (χ3n) is 9.70. The predicted octanol–water partition coefficient (Wildman–Crippen LogP) is 13.4. The molecule has 2 aromatic heterocycles. The highest BCUT2D eigenvalue weighted by Crippen LogP contribution is 2.48. The molecule has 0 spiro atoms. The third-order valence-corrected chi connectivity index (χ3v) is 9.70. The van der Waals surface area contributed by atoms with Crippen molar-refractivity contribution in [1.29, 1.82) is 0 Å². The van der Waals surface area contributed by atoms with Crippen LogP contribution in [-0.2, 0) is 0 Å². The molecule has 0 saturated heterocycles. The number of anilines is 3. The maximum Gasteiger partial charge on any atom is 0.227 e. The van der Waals surface area contributed by atoms with Gasteiger partial charge in [0.2, 0.25) is 5.89 Å². The zero-order valence-corrected chi connectivity index (χ0v) is 27.5. The topological polar surface area (TPSA) is 42.4 Å². The van der Waals surface area contributed by atoms with Crippen molar-refractivity contribution < 1.29 is 8.83 Å². The molecule has 240 valence electrons. The van der Waals surface area contributed by atoms with Crippen molar-refractivity contribution >= 4 is 60.9 Å². The monoisotopic (exact) mass is 654 g/mol. The first-order valence-corrected chi connectivity index (χ1v) is 17.1. The molecule has 4 heteroatoms. The number of hydrogen-bond donors (Lipinski definition) is 0. The molecule has 10 aromatic rings. The minimum Gasteiger partial charge on any atom is -0.456 e. The quantitative estimate of drug-likeness (QED) is 0.179. The Morgan fingerprint density at radius 3 is 1.88 bits per heavy atom. The van der Waals surface area contributed by atoms with Gasteiger partial charge in [-0.1, -0.05) is 140 Å². The number of fused-ring (bicyclic) bond motifs is 6. The second-order valence-electron chi connectivity index (χ2n) is 12.7. The Morgan fingerprint density at radius 2 is 1.06 bits per heavy atom. The fourth-order valence-electron chi connectivity index (χ4n) is 7.34. The molecule has 0 amide bonds. The van der Waals surface area contributed by atoms with Gasteiger partial charge in [-0.15, -0.1) is 0 Å². The van der Waals surface area contributed by atoms with Crippen molar-refractivity contribution in [2.45, 2.75) is 0 Å². The van der Waals surface area contributed by atoms with Crippen molar-refractivity contribution in [1.82, 2.24) is 4.98 Å². The molecule has 8 aromatic carbocycles. The molecule has 0 fully saturated rings. The van der Waals surface area contributed by atoms with Gasteiger partial charge in [-0.05, 0) is 63.9 Å². The number of hydrogen-bond acceptors (Lipinski definition) is 4. The Kier molecular flexibility index (Phi) is 6.78. The van der Waals surface area contributed by atoms with Gasteiger partial charge in [0.25, 0.3) is 0 Å². The lowest BCUT2D eigenvalue weighted by molar-refractivity contribution is 0.622. The van der Waals surface area contributed by atoms with E-state index >= 15 is 0 Å². The van der Waals surface area contributed by atoms with Crippen LogP contribution in [0.25, 0.3) is 77.5 Å². The molecular formula is C47H30N2O2. The summed E-state index contributed by atoms with van der Waals surface area (Å²) in [6.07, 6.45) is 0. The summed E-state index contributed by atoms with van der Waals surface area (Å²) in [7, 11) is 0. The van der Waals surface area contributed by atoms with Crippen LogP contribution in [-0.4, -0.2) is 4.98 Å². The van der Waals surface area contributed by atoms with Gasteiger partial charge in [-0.25, -0.2) is 4.98 Å². The maximum atomic E-state index is 6.73. The van der Waals surface area contributed by atoms with Crippen LogP contribution in [0, 0.1) is 0 Å². The minimum absolute atomic E-state index is 0.562. The Morgan fingerprint density at radius 1 is 0.431 bits per heavy atom. The molecule has 4 nitrogen and oxygen atoms in total. The van der Waals surface area contributed by atoms with E-state index in [1.165, 1.54) is 16.3 Å². The Balaban J connectivity index is 1.25. The van der Waals surface area contributed by atoms with Crippen LogP contribution >= 0.6 is 0 Å². The van der Waals surface area contributed by atoms with Gasteiger partial charge in [-0.3, -0.25) is 0 Å². The average molecular weight is 655 g/mol. The van der Waals surface area contributed by atoms with E-state index in [0.717, 1.165) is 66.8 Å². The number of furan rings is 1. The Labute approximate surface area is 294 Å². The van der Waals surface area contributed by atoms with Crippen molar-refractivity contribution in [3.05, 3.63) is 182 Å². The zero-order chi connectivity index (χ0) is 33.7. The van der Waals surface area contributed by atoms with Gasteiger partial charge < -0.3 is 13.7 Å². The van der Waals surface area contributed by atoms with Gasteiger partial charge in [0.15, 0.2) is 5.58 Å². The van der Waals surface area contributed by atoms with E-state index < -0.39 is 0 Å². The highest BCUT2D eigenvalue weighted by molar-refractivity contribution is 6.20. The minimum atomic E-state index is 0.562. The van der Waals surface area contributed by atoms with Crippen LogP contribution in [0.15, 0.2) is 191 Å². The summed E-state index contributed by atoms with van der Waals surface area (Å²) < 4.78 is 13.3. The van der Waals surface area contributed by atoms with E-state index in [-0.39, 0.29) is 0 Å². The summed E-state index contributed by atoms with van der Waals surface area (Å²) in [5.41, 5.74) is 11.4. The first kappa shape index (κ1) is 29.0. The zero-order valence-electron chi connectivity index (χ0n) is 27.5. The second-order valence-corrected chi connectivity index (χ2v) is 12.7. The van der Waals surface area contributed by atoms with Gasteiger partial charge in [-0.2, -0.15) is 0 Å². The van der Waals surface area contributed by atoms with Crippen molar-refractivity contribution in [2.24, 2.45) is 0 Å². The highest BCUT2D eigenvalue weighted by Gasteiger charge is 2.26. The number of oxazole rings is 1. The molecule has 0 atom stereocenters. The molecule has 0 N–H and O–H groups in total. The van der Waals surface area contributed by atoms with E-state index in [1.54, 1.807) is 0 Å². The van der Waals surface area contributed by atoms with Gasteiger partial charge in [0.05, 0.1) is 16.8 Å². The lowest BCUT2D eigenvalue weighted by Gasteiger charge is -2.28. The van der Waals surface area contributed by atoms with Crippen LogP contribution in [0.2, 0.25) is 0 Å². The van der Waals surface area contributed by atoms with Crippen LogP contribution < -0.4 is 4.90 Å². The number of para-hydroxylation sites is 2. The van der Waals surface area contributed by atoms with Crippen molar-refractivity contribution in [2.75, 3.05) is 4.90 Å². The smallest absolute Gasteiger partial charge is 0.227 e. The molecule has 0 unspecified atom stereocenters. The lowest BCUT2D eigenvalue weighted by atomic mass is 9.97. The first-order valence-electron chi connectivity index (χ1n) is 17.1. The Bertz CT molecular complexity index is 2850. The molecule has 2 heterocycles.